The van der Waals surface area contributed by atoms with E-state index in [0.29, 0.717) is 23.5 Å². The van der Waals surface area contributed by atoms with Gasteiger partial charge in [-0.1, -0.05) is 0 Å². The van der Waals surface area contributed by atoms with Crippen molar-refractivity contribution in [2.24, 2.45) is 0 Å². The molecular weight excluding hydrogens is 274 g/mol. The molecule has 1 aromatic carbocycles. The average molecular weight is 295 g/mol. The van der Waals surface area contributed by atoms with Crippen LogP contribution in [0.1, 0.15) is 26.3 Å². The van der Waals surface area contributed by atoms with E-state index in [9.17, 15) is 14.7 Å². The second kappa shape index (κ2) is 6.47. The van der Waals surface area contributed by atoms with E-state index in [2.05, 4.69) is 0 Å². The van der Waals surface area contributed by atoms with Gasteiger partial charge in [-0.3, -0.25) is 4.79 Å². The van der Waals surface area contributed by atoms with Gasteiger partial charge in [-0.2, -0.15) is 0 Å². The third-order valence-electron chi connectivity index (χ3n) is 3.54. The van der Waals surface area contributed by atoms with Crippen molar-refractivity contribution in [2.75, 3.05) is 14.2 Å². The van der Waals surface area contributed by atoms with Crippen molar-refractivity contribution in [3.05, 3.63) is 23.8 Å². The SMILES string of the molecule is COc1ccc(C(C)(C(=O)O)N(C=O)C(C)C)c(OC)c1. The number of amides is 1. The number of nitrogens with zero attached hydrogens (tertiary/aromatic N) is 1. The van der Waals surface area contributed by atoms with Crippen LogP contribution in [0, 0.1) is 0 Å². The highest BCUT2D eigenvalue weighted by Gasteiger charge is 2.44. The van der Waals surface area contributed by atoms with Crippen molar-refractivity contribution in [1.82, 2.24) is 4.90 Å². The largest absolute Gasteiger partial charge is 0.497 e. The van der Waals surface area contributed by atoms with Crippen molar-refractivity contribution in [3.8, 4) is 11.5 Å². The zero-order valence-corrected chi connectivity index (χ0v) is 12.9. The first-order valence-corrected chi connectivity index (χ1v) is 6.52. The minimum Gasteiger partial charge on any atom is -0.497 e. The van der Waals surface area contributed by atoms with Gasteiger partial charge in [-0.25, -0.2) is 4.79 Å². The smallest absolute Gasteiger partial charge is 0.334 e. The summed E-state index contributed by atoms with van der Waals surface area (Å²) in [6.45, 7) is 4.99. The molecule has 0 aromatic heterocycles. The molecule has 1 amide bonds. The summed E-state index contributed by atoms with van der Waals surface area (Å²) >= 11 is 0. The van der Waals surface area contributed by atoms with Crippen LogP contribution in [0.5, 0.6) is 11.5 Å². The summed E-state index contributed by atoms with van der Waals surface area (Å²) in [5.41, 5.74) is -1.15. The normalized spacial score (nSPS) is 13.4. The van der Waals surface area contributed by atoms with Gasteiger partial charge in [-0.05, 0) is 32.9 Å². The van der Waals surface area contributed by atoms with Gasteiger partial charge in [0, 0.05) is 17.7 Å². The van der Waals surface area contributed by atoms with Gasteiger partial charge >= 0.3 is 5.97 Å². The Morgan fingerprint density at radius 2 is 1.95 bits per heavy atom. The summed E-state index contributed by atoms with van der Waals surface area (Å²) in [4.78, 5) is 24.5. The number of carbonyl (C=O) groups is 2. The van der Waals surface area contributed by atoms with Crippen LogP contribution in [0.3, 0.4) is 0 Å². The van der Waals surface area contributed by atoms with E-state index in [1.807, 2.05) is 0 Å². The molecule has 1 N–H and O–H groups in total. The Labute approximate surface area is 124 Å². The molecule has 0 spiro atoms. The highest BCUT2D eigenvalue weighted by molar-refractivity contribution is 5.84. The molecule has 1 rings (SSSR count). The zero-order valence-electron chi connectivity index (χ0n) is 12.9. The Morgan fingerprint density at radius 3 is 2.33 bits per heavy atom. The predicted molar refractivity (Wildman–Crippen MR) is 77.6 cm³/mol. The molecule has 0 fully saturated rings. The number of carboxylic acid groups (broad SMARTS) is 1. The van der Waals surface area contributed by atoms with Gasteiger partial charge < -0.3 is 19.5 Å². The van der Waals surface area contributed by atoms with Gasteiger partial charge in [0.15, 0.2) is 5.54 Å². The molecule has 21 heavy (non-hydrogen) atoms. The third kappa shape index (κ3) is 2.94. The minimum absolute atomic E-state index is 0.282. The second-order valence-electron chi connectivity index (χ2n) is 5.05. The molecule has 1 aromatic rings. The lowest BCUT2D eigenvalue weighted by Crippen LogP contribution is -2.52. The predicted octanol–water partition coefficient (Wildman–Crippen LogP) is 1.87. The first kappa shape index (κ1) is 16.8. The minimum atomic E-state index is -1.53. The number of rotatable bonds is 7. The number of benzene rings is 1. The maximum absolute atomic E-state index is 11.9. The Hall–Kier alpha value is -2.24. The first-order valence-electron chi connectivity index (χ1n) is 6.52. The standard InChI is InChI=1S/C15H21NO5/c1-10(2)16(9-17)15(3,14(18)19)12-7-6-11(20-4)8-13(12)21-5/h6-10H,1-5H3,(H,18,19). The molecule has 0 saturated carbocycles. The molecule has 1 unspecified atom stereocenters. The maximum Gasteiger partial charge on any atom is 0.334 e. The molecule has 6 nitrogen and oxygen atoms in total. The number of carbonyl (C=O) groups excluding carboxylic acids is 1. The molecule has 1 atom stereocenters. The zero-order chi connectivity index (χ0) is 16.2. The fourth-order valence-corrected chi connectivity index (χ4v) is 2.31. The van der Waals surface area contributed by atoms with Gasteiger partial charge in [0.05, 0.1) is 14.2 Å². The molecule has 0 heterocycles. The summed E-state index contributed by atoms with van der Waals surface area (Å²) in [7, 11) is 2.96. The number of ether oxygens (including phenoxy) is 2. The van der Waals surface area contributed by atoms with Crippen molar-refractivity contribution in [1.29, 1.82) is 0 Å². The molecule has 0 saturated heterocycles. The van der Waals surface area contributed by atoms with E-state index in [4.69, 9.17) is 9.47 Å². The van der Waals surface area contributed by atoms with E-state index >= 15 is 0 Å². The number of methoxy groups -OCH3 is 2. The fraction of sp³-hybridized carbons (Fsp3) is 0.467. The highest BCUT2D eigenvalue weighted by atomic mass is 16.5. The lowest BCUT2D eigenvalue weighted by molar-refractivity contribution is -0.156. The van der Waals surface area contributed by atoms with Crippen LogP contribution >= 0.6 is 0 Å². The van der Waals surface area contributed by atoms with Crippen LogP contribution in [-0.2, 0) is 15.1 Å². The molecule has 0 aliphatic carbocycles. The van der Waals surface area contributed by atoms with Gasteiger partial charge in [0.1, 0.15) is 11.5 Å². The number of hydrogen-bond acceptors (Lipinski definition) is 4. The first-order chi connectivity index (χ1) is 9.82. The van der Waals surface area contributed by atoms with E-state index in [0.717, 1.165) is 0 Å². The summed E-state index contributed by atoms with van der Waals surface area (Å²) in [6, 6.07) is 4.56. The summed E-state index contributed by atoms with van der Waals surface area (Å²) in [5, 5.41) is 9.70. The number of aliphatic carboxylic acids is 1. The Balaban J connectivity index is 3.55. The maximum atomic E-state index is 11.9. The van der Waals surface area contributed by atoms with Crippen molar-refractivity contribution < 1.29 is 24.2 Å². The number of carboxylic acids is 1. The van der Waals surface area contributed by atoms with Gasteiger partial charge in [0.25, 0.3) is 0 Å². The third-order valence-corrected chi connectivity index (χ3v) is 3.54. The molecule has 0 aliphatic rings. The van der Waals surface area contributed by atoms with E-state index in [1.54, 1.807) is 32.0 Å². The highest BCUT2D eigenvalue weighted by Crippen LogP contribution is 2.37. The molecule has 116 valence electrons. The number of hydrogen-bond donors (Lipinski definition) is 1. The van der Waals surface area contributed by atoms with Crippen LogP contribution in [-0.4, -0.2) is 42.6 Å². The molecular formula is C15H21NO5. The van der Waals surface area contributed by atoms with Crippen LogP contribution in [0.4, 0.5) is 0 Å². The van der Waals surface area contributed by atoms with Crippen LogP contribution in [0.25, 0.3) is 0 Å². The van der Waals surface area contributed by atoms with E-state index in [1.165, 1.54) is 26.0 Å². The van der Waals surface area contributed by atoms with Gasteiger partial charge in [-0.15, -0.1) is 0 Å². The quantitative estimate of drug-likeness (QED) is 0.777. The Kier molecular flexibility index (Phi) is 5.18. The van der Waals surface area contributed by atoms with Crippen LogP contribution in [0.2, 0.25) is 0 Å². The average Bonchev–Trinajstić information content (AvgIpc) is 2.46. The Bertz CT molecular complexity index is 529. The van der Waals surface area contributed by atoms with E-state index in [-0.39, 0.29) is 6.04 Å². The molecule has 0 aliphatic heterocycles. The molecule has 6 heteroatoms. The summed E-state index contributed by atoms with van der Waals surface area (Å²) in [6.07, 6.45) is 0.544. The van der Waals surface area contributed by atoms with Crippen LogP contribution in [0.15, 0.2) is 18.2 Å². The lowest BCUT2D eigenvalue weighted by Gasteiger charge is -2.39. The topological polar surface area (TPSA) is 76.1 Å². The fourth-order valence-electron chi connectivity index (χ4n) is 2.31. The summed E-state index contributed by atoms with van der Waals surface area (Å²) in [5.74, 6) is -0.232. The Morgan fingerprint density at radius 1 is 1.33 bits per heavy atom. The van der Waals surface area contributed by atoms with Crippen molar-refractivity contribution >= 4 is 12.4 Å². The second-order valence-corrected chi connectivity index (χ2v) is 5.05. The summed E-state index contributed by atoms with van der Waals surface area (Å²) < 4.78 is 10.4. The monoisotopic (exact) mass is 295 g/mol. The molecule has 0 bridgehead atoms. The lowest BCUT2D eigenvalue weighted by atomic mass is 9.88. The van der Waals surface area contributed by atoms with E-state index < -0.39 is 11.5 Å². The van der Waals surface area contributed by atoms with Gasteiger partial charge in [0.2, 0.25) is 6.41 Å². The van der Waals surface area contributed by atoms with Crippen LogP contribution < -0.4 is 9.47 Å². The molecule has 0 radical (unpaired) electrons. The van der Waals surface area contributed by atoms with Crippen molar-refractivity contribution in [2.45, 2.75) is 32.4 Å². The van der Waals surface area contributed by atoms with Crippen molar-refractivity contribution in [3.63, 3.8) is 0 Å².